The summed E-state index contributed by atoms with van der Waals surface area (Å²) in [4.78, 5) is 28.6. The van der Waals surface area contributed by atoms with Crippen LogP contribution >= 0.6 is 0 Å². The fourth-order valence-electron chi connectivity index (χ4n) is 2.37. The maximum absolute atomic E-state index is 12.9. The van der Waals surface area contributed by atoms with Crippen LogP contribution in [0.3, 0.4) is 0 Å². The highest BCUT2D eigenvalue weighted by Gasteiger charge is 2.20. The number of rotatable bonds is 7. The molecule has 26 heavy (non-hydrogen) atoms. The Kier molecular flexibility index (Phi) is 7.08. The van der Waals surface area contributed by atoms with Gasteiger partial charge in [-0.1, -0.05) is 25.5 Å². The number of amides is 3. The third-order valence-corrected chi connectivity index (χ3v) is 3.73. The lowest BCUT2D eigenvalue weighted by Crippen LogP contribution is -2.47. The molecule has 7 heteroatoms. The van der Waals surface area contributed by atoms with E-state index in [4.69, 9.17) is 0 Å². The van der Waals surface area contributed by atoms with Gasteiger partial charge in [0.1, 0.15) is 17.7 Å². The van der Waals surface area contributed by atoms with Gasteiger partial charge in [0.15, 0.2) is 0 Å². The molecule has 138 valence electrons. The minimum atomic E-state index is -0.671. The highest BCUT2D eigenvalue weighted by molar-refractivity contribution is 5.96. The average Bonchev–Trinajstić information content (AvgIpc) is 2.61. The van der Waals surface area contributed by atoms with E-state index in [9.17, 15) is 14.0 Å². The van der Waals surface area contributed by atoms with Crippen LogP contribution in [-0.4, -0.2) is 23.0 Å². The molecule has 2 rings (SSSR count). The molecule has 2 aromatic rings. The lowest BCUT2D eigenvalue weighted by atomic mass is 10.1. The van der Waals surface area contributed by atoms with Crippen molar-refractivity contribution < 1.29 is 14.0 Å². The van der Waals surface area contributed by atoms with E-state index in [0.717, 1.165) is 17.5 Å². The van der Waals surface area contributed by atoms with Crippen molar-refractivity contribution >= 4 is 17.8 Å². The van der Waals surface area contributed by atoms with Crippen molar-refractivity contribution in [1.29, 1.82) is 0 Å². The van der Waals surface area contributed by atoms with Gasteiger partial charge in [0.25, 0.3) is 0 Å². The Hall–Kier alpha value is -2.96. The maximum atomic E-state index is 12.9. The Morgan fingerprint density at radius 2 is 1.92 bits per heavy atom. The van der Waals surface area contributed by atoms with E-state index in [0.29, 0.717) is 12.2 Å². The summed E-state index contributed by atoms with van der Waals surface area (Å²) >= 11 is 0. The van der Waals surface area contributed by atoms with Crippen molar-refractivity contribution in [2.45, 2.75) is 39.3 Å². The predicted octanol–water partition coefficient (Wildman–Crippen LogP) is 3.14. The van der Waals surface area contributed by atoms with Crippen molar-refractivity contribution in [1.82, 2.24) is 15.6 Å². The Morgan fingerprint density at radius 3 is 2.58 bits per heavy atom. The fourth-order valence-corrected chi connectivity index (χ4v) is 2.37. The molecule has 0 spiro atoms. The zero-order valence-electron chi connectivity index (χ0n) is 14.9. The van der Waals surface area contributed by atoms with Crippen LogP contribution in [0.1, 0.15) is 30.9 Å². The summed E-state index contributed by atoms with van der Waals surface area (Å²) in [6, 6.07) is 8.31. The summed E-state index contributed by atoms with van der Waals surface area (Å²) in [5, 5.41) is 8.06. The first-order valence-corrected chi connectivity index (χ1v) is 8.50. The van der Waals surface area contributed by atoms with Crippen molar-refractivity contribution in [3.8, 4) is 0 Å². The quantitative estimate of drug-likeness (QED) is 0.711. The highest BCUT2D eigenvalue weighted by Crippen LogP contribution is 2.08. The van der Waals surface area contributed by atoms with Crippen molar-refractivity contribution in [2.24, 2.45) is 0 Å². The van der Waals surface area contributed by atoms with Crippen LogP contribution in [0, 0.1) is 12.7 Å². The van der Waals surface area contributed by atoms with Crippen LogP contribution in [0.4, 0.5) is 15.0 Å². The summed E-state index contributed by atoms with van der Waals surface area (Å²) in [5.41, 5.74) is 1.74. The normalized spacial score (nSPS) is 11.5. The number of hydrogen-bond acceptors (Lipinski definition) is 3. The topological polar surface area (TPSA) is 83.1 Å². The Bertz CT molecular complexity index is 749. The lowest BCUT2D eigenvalue weighted by molar-refractivity contribution is -0.118. The van der Waals surface area contributed by atoms with Gasteiger partial charge >= 0.3 is 6.03 Å². The van der Waals surface area contributed by atoms with Gasteiger partial charge in [-0.05, 0) is 48.7 Å². The van der Waals surface area contributed by atoms with Crippen LogP contribution in [0.25, 0.3) is 0 Å². The average molecular weight is 358 g/mol. The van der Waals surface area contributed by atoms with E-state index in [1.54, 1.807) is 24.4 Å². The van der Waals surface area contributed by atoms with Gasteiger partial charge in [0.2, 0.25) is 5.91 Å². The van der Waals surface area contributed by atoms with E-state index in [1.807, 2.05) is 19.9 Å². The first-order valence-electron chi connectivity index (χ1n) is 8.50. The molecule has 0 aliphatic heterocycles. The standard InChI is InChI=1S/C19H23FN4O2/c1-3-4-16(18(25)24-17-11-13(2)9-10-21-17)23-19(26)22-12-14-5-7-15(20)8-6-14/h5-11,16H,3-4,12H2,1-2H3,(H,21,24,25)(H2,22,23,26). The van der Waals surface area contributed by atoms with E-state index < -0.39 is 12.1 Å². The van der Waals surface area contributed by atoms with Crippen LogP contribution in [0.2, 0.25) is 0 Å². The number of carbonyl (C=O) groups excluding carboxylic acids is 2. The second-order valence-corrected chi connectivity index (χ2v) is 6.00. The van der Waals surface area contributed by atoms with Crippen molar-refractivity contribution in [3.05, 3.63) is 59.5 Å². The van der Waals surface area contributed by atoms with Crippen molar-refractivity contribution in [2.75, 3.05) is 5.32 Å². The number of carbonyl (C=O) groups is 2. The number of urea groups is 1. The summed E-state index contributed by atoms with van der Waals surface area (Å²) in [5.74, 6) is -0.200. The number of aromatic nitrogens is 1. The minimum absolute atomic E-state index is 0.242. The molecule has 1 heterocycles. The van der Waals surface area contributed by atoms with Crippen LogP contribution in [-0.2, 0) is 11.3 Å². The number of aryl methyl sites for hydroxylation is 1. The summed E-state index contributed by atoms with van der Waals surface area (Å²) in [6.45, 7) is 4.08. The molecule has 3 amide bonds. The molecule has 6 nitrogen and oxygen atoms in total. The molecule has 0 saturated heterocycles. The number of pyridine rings is 1. The Labute approximate surface area is 152 Å². The number of anilines is 1. The zero-order valence-corrected chi connectivity index (χ0v) is 14.9. The van der Waals surface area contributed by atoms with Gasteiger partial charge in [-0.2, -0.15) is 0 Å². The van der Waals surface area contributed by atoms with Gasteiger partial charge in [-0.3, -0.25) is 4.79 Å². The third-order valence-electron chi connectivity index (χ3n) is 3.73. The number of benzene rings is 1. The summed E-state index contributed by atoms with van der Waals surface area (Å²) < 4.78 is 12.9. The molecule has 1 aromatic heterocycles. The number of hydrogen-bond donors (Lipinski definition) is 3. The van der Waals surface area contributed by atoms with Gasteiger partial charge in [-0.25, -0.2) is 14.2 Å². The molecule has 0 bridgehead atoms. The SMILES string of the molecule is CCCC(NC(=O)NCc1ccc(F)cc1)C(=O)Nc1cc(C)ccn1. The molecule has 0 fully saturated rings. The number of nitrogens with zero attached hydrogens (tertiary/aromatic N) is 1. The smallest absolute Gasteiger partial charge is 0.315 e. The van der Waals surface area contributed by atoms with Gasteiger partial charge in [0.05, 0.1) is 0 Å². The summed E-state index contributed by atoms with van der Waals surface area (Å²) in [7, 11) is 0. The van der Waals surface area contributed by atoms with Gasteiger partial charge in [-0.15, -0.1) is 0 Å². The predicted molar refractivity (Wildman–Crippen MR) is 98.1 cm³/mol. The molecular weight excluding hydrogens is 335 g/mol. The molecule has 0 aliphatic rings. The molecule has 1 aromatic carbocycles. The van der Waals surface area contributed by atoms with Crippen LogP contribution < -0.4 is 16.0 Å². The second kappa shape index (κ2) is 9.50. The van der Waals surface area contributed by atoms with E-state index in [-0.39, 0.29) is 18.3 Å². The first kappa shape index (κ1) is 19.4. The largest absolute Gasteiger partial charge is 0.334 e. The monoisotopic (exact) mass is 358 g/mol. The number of halogens is 1. The first-order chi connectivity index (χ1) is 12.5. The lowest BCUT2D eigenvalue weighted by Gasteiger charge is -2.18. The van der Waals surface area contributed by atoms with Crippen LogP contribution in [0.5, 0.6) is 0 Å². The fraction of sp³-hybridized carbons (Fsp3) is 0.316. The number of nitrogens with one attached hydrogen (secondary N) is 3. The highest BCUT2D eigenvalue weighted by atomic mass is 19.1. The van der Waals surface area contributed by atoms with E-state index in [2.05, 4.69) is 20.9 Å². The van der Waals surface area contributed by atoms with Gasteiger partial charge < -0.3 is 16.0 Å². The maximum Gasteiger partial charge on any atom is 0.315 e. The molecule has 1 atom stereocenters. The second-order valence-electron chi connectivity index (χ2n) is 6.00. The third kappa shape index (κ3) is 6.16. The summed E-state index contributed by atoms with van der Waals surface area (Å²) in [6.07, 6.45) is 2.85. The minimum Gasteiger partial charge on any atom is -0.334 e. The Balaban J connectivity index is 1.90. The van der Waals surface area contributed by atoms with Crippen molar-refractivity contribution in [3.63, 3.8) is 0 Å². The molecule has 0 aliphatic carbocycles. The molecular formula is C19H23FN4O2. The van der Waals surface area contributed by atoms with E-state index >= 15 is 0 Å². The molecule has 1 unspecified atom stereocenters. The zero-order chi connectivity index (χ0) is 18.9. The molecule has 0 saturated carbocycles. The Morgan fingerprint density at radius 1 is 1.19 bits per heavy atom. The molecule has 0 radical (unpaired) electrons. The van der Waals surface area contributed by atoms with Gasteiger partial charge in [0, 0.05) is 12.7 Å². The van der Waals surface area contributed by atoms with E-state index in [1.165, 1.54) is 12.1 Å². The van der Waals surface area contributed by atoms with Crippen LogP contribution in [0.15, 0.2) is 42.6 Å². The molecule has 3 N–H and O–H groups in total.